The molecule has 0 atom stereocenters. The van der Waals surface area contributed by atoms with E-state index in [2.05, 4.69) is 9.71 Å². The molecule has 2 aliphatic heterocycles. The number of fused-ring (bicyclic) bond motifs is 1. The second-order valence-electron chi connectivity index (χ2n) is 6.04. The summed E-state index contributed by atoms with van der Waals surface area (Å²) in [5.74, 6) is -1.37. The predicted octanol–water partition coefficient (Wildman–Crippen LogP) is -0.687. The first-order chi connectivity index (χ1) is 13.5. The quantitative estimate of drug-likeness (QED) is 0.568. The number of sulfonamides is 2. The summed E-state index contributed by atoms with van der Waals surface area (Å²) in [5.41, 5.74) is 0.430. The van der Waals surface area contributed by atoms with Gasteiger partial charge >= 0.3 is 5.97 Å². The average Bonchev–Trinajstić information content (AvgIpc) is 2.64. The lowest BCUT2D eigenvalue weighted by Crippen LogP contribution is -2.37. The number of nitrogens with one attached hydrogen (secondary N) is 1. The van der Waals surface area contributed by atoms with Crippen molar-refractivity contribution in [1.29, 1.82) is 0 Å². The zero-order valence-electron chi connectivity index (χ0n) is 14.8. The van der Waals surface area contributed by atoms with Crippen molar-refractivity contribution in [3.05, 3.63) is 48.2 Å². The van der Waals surface area contributed by atoms with Crippen LogP contribution < -0.4 is 10.5 Å². The Morgan fingerprint density at radius 1 is 1.21 bits per heavy atom. The molecule has 13 heteroatoms. The number of ether oxygens (including phenoxy) is 1. The number of primary sulfonamides is 1. The summed E-state index contributed by atoms with van der Waals surface area (Å²) < 4.78 is 53.9. The van der Waals surface area contributed by atoms with E-state index in [0.717, 1.165) is 0 Å². The van der Waals surface area contributed by atoms with Crippen LogP contribution in [0.5, 0.6) is 0 Å². The lowest BCUT2D eigenvalue weighted by molar-refractivity contribution is -0.143. The molecule has 0 radical (unpaired) electrons. The molecule has 29 heavy (non-hydrogen) atoms. The maximum atomic E-state index is 12.1. The molecular formula is C16H16N4O7S2. The first kappa shape index (κ1) is 20.7. The van der Waals surface area contributed by atoms with Crippen molar-refractivity contribution in [2.45, 2.75) is 4.90 Å². The van der Waals surface area contributed by atoms with Crippen LogP contribution in [0.4, 0.5) is 5.69 Å². The number of hydrogen-bond acceptors (Lipinski definition) is 8. The van der Waals surface area contributed by atoms with E-state index < -0.39 is 38.5 Å². The zero-order chi connectivity index (χ0) is 21.2. The van der Waals surface area contributed by atoms with Gasteiger partial charge < -0.3 is 15.0 Å². The third-order valence-electron chi connectivity index (χ3n) is 3.86. The fourth-order valence-corrected chi connectivity index (χ4v) is 3.95. The molecule has 0 unspecified atom stereocenters. The Hall–Kier alpha value is -3.03. The summed E-state index contributed by atoms with van der Waals surface area (Å²) >= 11 is 0. The number of rotatable bonds is 5. The highest BCUT2D eigenvalue weighted by molar-refractivity contribution is 7.90. The van der Waals surface area contributed by atoms with Crippen LogP contribution in [0.2, 0.25) is 0 Å². The monoisotopic (exact) mass is 440 g/mol. The Bertz CT molecular complexity index is 1150. The van der Waals surface area contributed by atoms with Crippen molar-refractivity contribution in [1.82, 2.24) is 4.90 Å². The van der Waals surface area contributed by atoms with Crippen molar-refractivity contribution in [3.63, 3.8) is 0 Å². The van der Waals surface area contributed by atoms with Crippen LogP contribution in [0.15, 0.2) is 57.5 Å². The Balaban J connectivity index is 1.55. The van der Waals surface area contributed by atoms with Gasteiger partial charge in [-0.1, -0.05) is 0 Å². The van der Waals surface area contributed by atoms with E-state index in [1.54, 1.807) is 0 Å². The molecule has 0 fully saturated rings. The van der Waals surface area contributed by atoms with Gasteiger partial charge in [0.1, 0.15) is 5.84 Å². The van der Waals surface area contributed by atoms with Gasteiger partial charge in [-0.25, -0.2) is 26.8 Å². The van der Waals surface area contributed by atoms with Gasteiger partial charge in [-0.3, -0.25) is 4.79 Å². The smallest absolute Gasteiger partial charge is 0.340 e. The lowest BCUT2D eigenvalue weighted by Gasteiger charge is -2.26. The minimum Gasteiger partial charge on any atom is -0.452 e. The van der Waals surface area contributed by atoms with Gasteiger partial charge in [-0.2, -0.15) is 0 Å². The number of nitrogens with two attached hydrogens (primary N) is 1. The first-order valence-corrected chi connectivity index (χ1v) is 11.3. The summed E-state index contributed by atoms with van der Waals surface area (Å²) in [6.07, 6.45) is 4.13. The maximum absolute atomic E-state index is 12.1. The third kappa shape index (κ3) is 5.28. The van der Waals surface area contributed by atoms with E-state index in [0.29, 0.717) is 5.69 Å². The lowest BCUT2D eigenvalue weighted by atomic mass is 10.2. The van der Waals surface area contributed by atoms with Gasteiger partial charge in [0.2, 0.25) is 10.0 Å². The molecule has 3 N–H and O–H groups in total. The Morgan fingerprint density at radius 2 is 1.90 bits per heavy atom. The van der Waals surface area contributed by atoms with E-state index in [4.69, 9.17) is 9.88 Å². The van der Waals surface area contributed by atoms with Crippen LogP contribution in [0.1, 0.15) is 0 Å². The van der Waals surface area contributed by atoms with E-state index >= 15 is 0 Å². The minimum absolute atomic E-state index is 0.105. The molecule has 3 rings (SSSR count). The van der Waals surface area contributed by atoms with Gasteiger partial charge in [0.15, 0.2) is 6.61 Å². The standard InChI is InChI=1S/C16H16N4O7S2/c17-29(25,26)13-4-2-12(3-5-13)18-15(21)10-27-16(22)11-1-6-14-19-28(23,24)8-7-20(14)9-11/h1-6,9H,7-8,10H2,(H,18,21)(H2,17,25,26). The van der Waals surface area contributed by atoms with Crippen molar-refractivity contribution >= 4 is 43.4 Å². The number of esters is 1. The molecule has 0 bridgehead atoms. The SMILES string of the molecule is NS(=O)(=O)c1ccc(NC(=O)COC(=O)C2=CN3CCS(=O)(=O)N=C3C=C2)cc1. The Kier molecular flexibility index (Phi) is 5.55. The van der Waals surface area contributed by atoms with Crippen LogP contribution in [0.3, 0.4) is 0 Å². The summed E-state index contributed by atoms with van der Waals surface area (Å²) in [5, 5.41) is 7.44. The van der Waals surface area contributed by atoms with Crippen LogP contribution in [0.25, 0.3) is 0 Å². The predicted molar refractivity (Wildman–Crippen MR) is 103 cm³/mol. The molecule has 11 nitrogen and oxygen atoms in total. The third-order valence-corrected chi connectivity index (χ3v) is 5.95. The highest BCUT2D eigenvalue weighted by atomic mass is 32.2. The molecular weight excluding hydrogens is 424 g/mol. The molecule has 0 saturated heterocycles. The topological polar surface area (TPSA) is 165 Å². The van der Waals surface area contributed by atoms with E-state index in [9.17, 15) is 26.4 Å². The van der Waals surface area contributed by atoms with Crippen LogP contribution in [0, 0.1) is 0 Å². The number of anilines is 1. The molecule has 0 aromatic heterocycles. The van der Waals surface area contributed by atoms with Crippen LogP contribution >= 0.6 is 0 Å². The number of nitrogens with zero attached hydrogens (tertiary/aromatic N) is 2. The summed E-state index contributed by atoms with van der Waals surface area (Å²) in [7, 11) is -7.33. The van der Waals surface area contributed by atoms with Gasteiger partial charge in [0, 0.05) is 18.4 Å². The normalized spacial score (nSPS) is 17.6. The van der Waals surface area contributed by atoms with E-state index in [1.807, 2.05) is 0 Å². The molecule has 1 aromatic rings. The zero-order valence-corrected chi connectivity index (χ0v) is 16.4. The van der Waals surface area contributed by atoms with Crippen LogP contribution in [-0.4, -0.2) is 58.4 Å². The molecule has 0 spiro atoms. The first-order valence-electron chi connectivity index (χ1n) is 8.12. The minimum atomic E-state index is -3.84. The molecule has 154 valence electrons. The molecule has 1 amide bonds. The Labute approximate surface area is 166 Å². The highest BCUT2D eigenvalue weighted by Crippen LogP contribution is 2.17. The summed E-state index contributed by atoms with van der Waals surface area (Å²) in [6.45, 7) is -0.423. The molecule has 2 aliphatic rings. The number of hydrogen-bond donors (Lipinski definition) is 2. The number of amidine groups is 1. The second kappa shape index (κ2) is 7.77. The van der Waals surface area contributed by atoms with E-state index in [-0.39, 0.29) is 28.6 Å². The largest absolute Gasteiger partial charge is 0.452 e. The molecule has 0 aliphatic carbocycles. The van der Waals surface area contributed by atoms with Gasteiger partial charge in [0.25, 0.3) is 15.9 Å². The van der Waals surface area contributed by atoms with Crippen molar-refractivity contribution < 1.29 is 31.2 Å². The fourth-order valence-electron chi connectivity index (χ4n) is 2.46. The van der Waals surface area contributed by atoms with Gasteiger partial charge in [-0.05, 0) is 36.4 Å². The number of benzene rings is 1. The summed E-state index contributed by atoms with van der Waals surface area (Å²) in [4.78, 5) is 25.4. The Morgan fingerprint density at radius 3 is 2.55 bits per heavy atom. The summed E-state index contributed by atoms with van der Waals surface area (Å²) in [6, 6.07) is 5.15. The molecule has 1 aromatic carbocycles. The number of amides is 1. The highest BCUT2D eigenvalue weighted by Gasteiger charge is 2.25. The fraction of sp³-hybridized carbons (Fsp3) is 0.188. The van der Waals surface area contributed by atoms with Gasteiger partial charge in [0.05, 0.1) is 16.2 Å². The molecule has 2 heterocycles. The van der Waals surface area contributed by atoms with Gasteiger partial charge in [-0.15, -0.1) is 4.40 Å². The number of carbonyl (C=O) groups is 2. The average molecular weight is 440 g/mol. The second-order valence-corrected chi connectivity index (χ2v) is 9.36. The van der Waals surface area contributed by atoms with Crippen molar-refractivity contribution in [3.8, 4) is 0 Å². The van der Waals surface area contributed by atoms with Crippen molar-refractivity contribution in [2.75, 3.05) is 24.2 Å². The van der Waals surface area contributed by atoms with Crippen molar-refractivity contribution in [2.24, 2.45) is 9.54 Å². The number of carbonyl (C=O) groups excluding carboxylic acids is 2. The maximum Gasteiger partial charge on any atom is 0.340 e. The van der Waals surface area contributed by atoms with E-state index in [1.165, 1.54) is 47.5 Å². The molecule has 0 saturated carbocycles. The van der Waals surface area contributed by atoms with Crippen LogP contribution in [-0.2, 0) is 34.4 Å².